The van der Waals surface area contributed by atoms with Crippen LogP contribution in [0, 0.1) is 5.82 Å². The van der Waals surface area contributed by atoms with Gasteiger partial charge in [0.15, 0.2) is 6.61 Å². The summed E-state index contributed by atoms with van der Waals surface area (Å²) in [6, 6.07) is 10.9. The number of rotatable bonds is 3. The van der Waals surface area contributed by atoms with Gasteiger partial charge in [-0.2, -0.15) is 0 Å². The summed E-state index contributed by atoms with van der Waals surface area (Å²) in [4.78, 5) is 24.8. The zero-order chi connectivity index (χ0) is 17.1. The van der Waals surface area contributed by atoms with Crippen LogP contribution in [0.25, 0.3) is 0 Å². The average Bonchev–Trinajstić information content (AvgIpc) is 2.57. The lowest BCUT2D eigenvalue weighted by Gasteiger charge is -2.21. The summed E-state index contributed by atoms with van der Waals surface area (Å²) in [5, 5.41) is 5.39. The molecule has 0 saturated carbocycles. The minimum atomic E-state index is -0.377. The smallest absolute Gasteiger partial charge is 0.321 e. The number of anilines is 2. The van der Waals surface area contributed by atoms with E-state index in [1.165, 1.54) is 11.0 Å². The molecule has 124 valence electrons. The normalized spacial score (nSPS) is 12.7. The van der Waals surface area contributed by atoms with E-state index in [-0.39, 0.29) is 30.9 Å². The molecule has 3 amide bonds. The molecule has 0 aromatic heterocycles. The van der Waals surface area contributed by atoms with E-state index in [4.69, 9.17) is 4.74 Å². The average molecular weight is 329 g/mol. The number of halogens is 1. The van der Waals surface area contributed by atoms with Gasteiger partial charge in [0.05, 0.1) is 5.69 Å². The van der Waals surface area contributed by atoms with Gasteiger partial charge in [0.25, 0.3) is 5.91 Å². The molecule has 2 aromatic carbocycles. The first-order valence-electron chi connectivity index (χ1n) is 7.35. The molecule has 0 atom stereocenters. The van der Waals surface area contributed by atoms with Gasteiger partial charge in [-0.15, -0.1) is 0 Å². The number of ether oxygens (including phenoxy) is 1. The van der Waals surface area contributed by atoms with E-state index in [2.05, 4.69) is 10.6 Å². The number of carbonyl (C=O) groups is 2. The number of fused-ring (bicyclic) bond motifs is 1. The summed E-state index contributed by atoms with van der Waals surface area (Å²) >= 11 is 0. The Morgan fingerprint density at radius 3 is 2.92 bits per heavy atom. The third kappa shape index (κ3) is 3.45. The summed E-state index contributed by atoms with van der Waals surface area (Å²) in [7, 11) is 1.58. The van der Waals surface area contributed by atoms with Crippen LogP contribution in [0.1, 0.15) is 5.56 Å². The number of hydrogen-bond acceptors (Lipinski definition) is 3. The van der Waals surface area contributed by atoms with E-state index >= 15 is 0 Å². The Hall–Kier alpha value is -3.09. The number of carbonyl (C=O) groups excluding carboxylic acids is 2. The van der Waals surface area contributed by atoms with Gasteiger partial charge in [0.1, 0.15) is 11.6 Å². The summed E-state index contributed by atoms with van der Waals surface area (Å²) < 4.78 is 19.0. The Balaban J connectivity index is 1.66. The Labute approximate surface area is 138 Å². The number of urea groups is 1. The molecule has 7 heteroatoms. The summed E-state index contributed by atoms with van der Waals surface area (Å²) in [6.45, 7) is 0.0909. The lowest BCUT2D eigenvalue weighted by atomic mass is 10.2. The minimum absolute atomic E-state index is 0.0579. The minimum Gasteiger partial charge on any atom is -0.482 e. The zero-order valence-corrected chi connectivity index (χ0v) is 13.0. The fourth-order valence-corrected chi connectivity index (χ4v) is 2.33. The van der Waals surface area contributed by atoms with Crippen molar-refractivity contribution in [3.8, 4) is 5.75 Å². The van der Waals surface area contributed by atoms with Gasteiger partial charge < -0.3 is 20.3 Å². The van der Waals surface area contributed by atoms with Crippen LogP contribution in [-0.2, 0) is 11.3 Å². The topological polar surface area (TPSA) is 70.7 Å². The molecule has 1 aliphatic heterocycles. The molecule has 0 aliphatic carbocycles. The van der Waals surface area contributed by atoms with Gasteiger partial charge in [0.2, 0.25) is 0 Å². The number of nitrogens with one attached hydrogen (secondary N) is 2. The molecular weight excluding hydrogens is 313 g/mol. The van der Waals surface area contributed by atoms with Crippen molar-refractivity contribution in [2.45, 2.75) is 6.54 Å². The highest BCUT2D eigenvalue weighted by molar-refractivity contribution is 5.96. The molecule has 0 bridgehead atoms. The number of hydrogen-bond donors (Lipinski definition) is 2. The molecular formula is C17H16FN3O3. The second kappa shape index (κ2) is 6.57. The van der Waals surface area contributed by atoms with Crippen LogP contribution in [0.4, 0.5) is 20.6 Å². The van der Waals surface area contributed by atoms with Gasteiger partial charge in [-0.1, -0.05) is 18.2 Å². The molecule has 0 saturated heterocycles. The highest BCUT2D eigenvalue weighted by Gasteiger charge is 2.17. The lowest BCUT2D eigenvalue weighted by molar-refractivity contribution is -0.118. The molecule has 1 aliphatic rings. The third-order valence-electron chi connectivity index (χ3n) is 3.58. The predicted octanol–water partition coefficient (Wildman–Crippen LogP) is 2.82. The largest absolute Gasteiger partial charge is 0.482 e. The van der Waals surface area contributed by atoms with Gasteiger partial charge in [-0.05, 0) is 18.2 Å². The maximum atomic E-state index is 13.7. The quantitative estimate of drug-likeness (QED) is 0.910. The van der Waals surface area contributed by atoms with Crippen molar-refractivity contribution < 1.29 is 18.7 Å². The van der Waals surface area contributed by atoms with Crippen molar-refractivity contribution in [2.75, 3.05) is 24.3 Å². The van der Waals surface area contributed by atoms with E-state index in [0.29, 0.717) is 22.7 Å². The molecule has 0 spiro atoms. The maximum Gasteiger partial charge on any atom is 0.321 e. The maximum absolute atomic E-state index is 13.7. The number of amides is 3. The first-order valence-corrected chi connectivity index (χ1v) is 7.35. The second-order valence-corrected chi connectivity index (χ2v) is 5.43. The molecule has 2 N–H and O–H groups in total. The Bertz CT molecular complexity index is 794. The molecule has 1 heterocycles. The number of benzene rings is 2. The fourth-order valence-electron chi connectivity index (χ4n) is 2.33. The predicted molar refractivity (Wildman–Crippen MR) is 87.5 cm³/mol. The van der Waals surface area contributed by atoms with E-state index in [0.717, 1.165) is 0 Å². The monoisotopic (exact) mass is 329 g/mol. The first-order chi connectivity index (χ1) is 11.5. The summed E-state index contributed by atoms with van der Waals surface area (Å²) in [6.07, 6.45) is 0. The van der Waals surface area contributed by atoms with Gasteiger partial charge >= 0.3 is 6.03 Å². The highest BCUT2D eigenvalue weighted by atomic mass is 19.1. The molecule has 0 unspecified atom stereocenters. The molecule has 6 nitrogen and oxygen atoms in total. The SMILES string of the molecule is CN(Cc1ccccc1F)C(=O)Nc1ccc2c(c1)OCC(=O)N2. The Kier molecular flexibility index (Phi) is 4.33. The van der Waals surface area contributed by atoms with Crippen LogP contribution in [0.5, 0.6) is 5.75 Å². The van der Waals surface area contributed by atoms with E-state index in [1.807, 2.05) is 0 Å². The summed E-state index contributed by atoms with van der Waals surface area (Å²) in [5.74, 6) is -0.0804. The van der Waals surface area contributed by atoms with Crippen molar-refractivity contribution in [1.29, 1.82) is 0 Å². The van der Waals surface area contributed by atoms with Crippen LogP contribution in [-0.4, -0.2) is 30.5 Å². The zero-order valence-electron chi connectivity index (χ0n) is 13.0. The van der Waals surface area contributed by atoms with Crippen molar-refractivity contribution in [3.63, 3.8) is 0 Å². The molecule has 0 fully saturated rings. The van der Waals surface area contributed by atoms with E-state index in [9.17, 15) is 14.0 Å². The number of nitrogens with zero attached hydrogens (tertiary/aromatic N) is 1. The van der Waals surface area contributed by atoms with Crippen molar-refractivity contribution >= 4 is 23.3 Å². The van der Waals surface area contributed by atoms with Crippen molar-refractivity contribution in [2.24, 2.45) is 0 Å². The van der Waals surface area contributed by atoms with E-state index < -0.39 is 0 Å². The summed E-state index contributed by atoms with van der Waals surface area (Å²) in [5.41, 5.74) is 1.52. The standard InChI is InChI=1S/C17H16FN3O3/c1-21(9-11-4-2-3-5-13(11)18)17(23)19-12-6-7-14-15(8-12)24-10-16(22)20-14/h2-8H,9-10H2,1H3,(H,19,23)(H,20,22). The second-order valence-electron chi connectivity index (χ2n) is 5.43. The Morgan fingerprint density at radius 1 is 1.33 bits per heavy atom. The molecule has 0 radical (unpaired) electrons. The van der Waals surface area contributed by atoms with Gasteiger partial charge in [-0.3, -0.25) is 4.79 Å². The van der Waals surface area contributed by atoms with Crippen molar-refractivity contribution in [3.05, 3.63) is 53.8 Å². The van der Waals surface area contributed by atoms with Crippen LogP contribution in [0.3, 0.4) is 0 Å². The first kappa shape index (κ1) is 15.8. The lowest BCUT2D eigenvalue weighted by Crippen LogP contribution is -2.31. The fraction of sp³-hybridized carbons (Fsp3) is 0.176. The van der Waals surface area contributed by atoms with Gasteiger partial charge in [0, 0.05) is 30.9 Å². The van der Waals surface area contributed by atoms with Crippen LogP contribution in [0.2, 0.25) is 0 Å². The molecule has 2 aromatic rings. The highest BCUT2D eigenvalue weighted by Crippen LogP contribution is 2.30. The van der Waals surface area contributed by atoms with E-state index in [1.54, 1.807) is 43.4 Å². The van der Waals surface area contributed by atoms with Crippen molar-refractivity contribution in [1.82, 2.24) is 4.90 Å². The molecule has 3 rings (SSSR count). The third-order valence-corrected chi connectivity index (χ3v) is 3.58. The van der Waals surface area contributed by atoms with Crippen LogP contribution >= 0.6 is 0 Å². The molecule has 24 heavy (non-hydrogen) atoms. The van der Waals surface area contributed by atoms with Gasteiger partial charge in [-0.25, -0.2) is 9.18 Å². The van der Waals surface area contributed by atoms with Crippen LogP contribution < -0.4 is 15.4 Å². The Morgan fingerprint density at radius 2 is 2.12 bits per heavy atom. The van der Waals surface area contributed by atoms with Crippen LogP contribution in [0.15, 0.2) is 42.5 Å².